The second-order valence-corrected chi connectivity index (χ2v) is 7.34. The van der Waals surface area contributed by atoms with Gasteiger partial charge in [-0.3, -0.25) is 9.69 Å². The minimum absolute atomic E-state index is 0.205. The number of anilines is 1. The molecule has 0 saturated carbocycles. The number of hydrogen-bond donors (Lipinski definition) is 1. The van der Waals surface area contributed by atoms with Crippen LogP contribution in [0.2, 0.25) is 0 Å². The van der Waals surface area contributed by atoms with Gasteiger partial charge in [-0.05, 0) is 37.0 Å². The molecule has 0 fully saturated rings. The van der Waals surface area contributed by atoms with E-state index in [0.29, 0.717) is 12.4 Å². The third-order valence-electron chi connectivity index (χ3n) is 4.30. The van der Waals surface area contributed by atoms with Crippen LogP contribution in [-0.2, 0) is 16.1 Å². The van der Waals surface area contributed by atoms with Crippen molar-refractivity contribution in [2.45, 2.75) is 20.4 Å². The first-order valence-electron chi connectivity index (χ1n) is 9.47. The van der Waals surface area contributed by atoms with Gasteiger partial charge in [-0.15, -0.1) is 11.3 Å². The van der Waals surface area contributed by atoms with E-state index in [1.165, 1.54) is 11.1 Å². The molecule has 0 radical (unpaired) electrons. The number of nitrogens with one attached hydrogen (secondary N) is 1. The molecular weight excluding hydrogens is 388 g/mol. The lowest BCUT2D eigenvalue weighted by Crippen LogP contribution is -2.33. The Morgan fingerprint density at radius 2 is 1.97 bits per heavy atom. The van der Waals surface area contributed by atoms with Crippen molar-refractivity contribution in [3.63, 3.8) is 0 Å². The zero-order valence-electron chi connectivity index (χ0n) is 16.5. The fraction of sp³-hybridized carbons (Fsp3) is 0.286. The van der Waals surface area contributed by atoms with E-state index in [9.17, 15) is 9.59 Å². The molecule has 0 atom stereocenters. The second kappa shape index (κ2) is 9.99. The van der Waals surface area contributed by atoms with Gasteiger partial charge in [0.1, 0.15) is 5.56 Å². The van der Waals surface area contributed by atoms with Crippen molar-refractivity contribution >= 4 is 29.0 Å². The number of ether oxygens (including phenoxy) is 1. The van der Waals surface area contributed by atoms with Gasteiger partial charge in [-0.1, -0.05) is 31.2 Å². The molecule has 3 rings (SSSR count). The number of nitrogens with zero attached hydrogens (tertiary/aromatic N) is 3. The summed E-state index contributed by atoms with van der Waals surface area (Å²) in [6.45, 7) is 5.63. The number of thiophene rings is 1. The van der Waals surface area contributed by atoms with Crippen LogP contribution in [0.15, 0.2) is 54.0 Å². The molecule has 0 aliphatic carbocycles. The van der Waals surface area contributed by atoms with Crippen molar-refractivity contribution in [1.82, 2.24) is 14.7 Å². The predicted octanol–water partition coefficient (Wildman–Crippen LogP) is 3.57. The van der Waals surface area contributed by atoms with Gasteiger partial charge in [-0.25, -0.2) is 9.48 Å². The fourth-order valence-corrected chi connectivity index (χ4v) is 3.62. The molecule has 2 heterocycles. The summed E-state index contributed by atoms with van der Waals surface area (Å²) < 4.78 is 6.66. The van der Waals surface area contributed by atoms with Crippen molar-refractivity contribution in [3.05, 3.63) is 64.5 Å². The Morgan fingerprint density at radius 1 is 1.17 bits per heavy atom. The van der Waals surface area contributed by atoms with Crippen molar-refractivity contribution in [1.29, 1.82) is 0 Å². The molecule has 0 bridgehead atoms. The number of rotatable bonds is 9. The molecule has 0 spiro atoms. The SMILES string of the molecule is CCOC(=O)c1cnn(-c2ccccc2)c1NC(=O)CN(CC)Cc1cccs1. The Bertz CT molecular complexity index is 938. The van der Waals surface area contributed by atoms with E-state index in [4.69, 9.17) is 4.74 Å². The Labute approximate surface area is 173 Å². The zero-order chi connectivity index (χ0) is 20.6. The highest BCUT2D eigenvalue weighted by molar-refractivity contribution is 7.09. The van der Waals surface area contributed by atoms with Gasteiger partial charge in [0.05, 0.1) is 25.0 Å². The second-order valence-electron chi connectivity index (χ2n) is 6.31. The van der Waals surface area contributed by atoms with E-state index in [0.717, 1.165) is 12.2 Å². The highest BCUT2D eigenvalue weighted by atomic mass is 32.1. The topological polar surface area (TPSA) is 76.5 Å². The quantitative estimate of drug-likeness (QED) is 0.544. The number of benzene rings is 1. The lowest BCUT2D eigenvalue weighted by Gasteiger charge is -2.19. The monoisotopic (exact) mass is 412 g/mol. The minimum atomic E-state index is -0.518. The van der Waals surface area contributed by atoms with Crippen LogP contribution in [0.4, 0.5) is 5.82 Å². The van der Waals surface area contributed by atoms with Crippen LogP contribution in [-0.4, -0.2) is 46.3 Å². The third-order valence-corrected chi connectivity index (χ3v) is 5.16. The lowest BCUT2D eigenvalue weighted by atomic mass is 10.3. The van der Waals surface area contributed by atoms with Crippen LogP contribution in [0, 0.1) is 0 Å². The molecule has 1 aromatic carbocycles. The molecule has 0 unspecified atom stereocenters. The highest BCUT2D eigenvalue weighted by Gasteiger charge is 2.22. The summed E-state index contributed by atoms with van der Waals surface area (Å²) in [5, 5.41) is 9.18. The minimum Gasteiger partial charge on any atom is -0.462 e. The normalized spacial score (nSPS) is 10.9. The van der Waals surface area contributed by atoms with E-state index >= 15 is 0 Å². The summed E-state index contributed by atoms with van der Waals surface area (Å²) in [5.74, 6) is -0.422. The molecular formula is C21H24N4O3S. The highest BCUT2D eigenvalue weighted by Crippen LogP contribution is 2.21. The summed E-state index contributed by atoms with van der Waals surface area (Å²) >= 11 is 1.66. The van der Waals surface area contributed by atoms with Crippen molar-refractivity contribution in [2.24, 2.45) is 0 Å². The first kappa shape index (κ1) is 20.8. The van der Waals surface area contributed by atoms with Crippen LogP contribution in [0.5, 0.6) is 0 Å². The van der Waals surface area contributed by atoms with E-state index in [1.54, 1.807) is 22.9 Å². The van der Waals surface area contributed by atoms with E-state index in [2.05, 4.69) is 16.5 Å². The van der Waals surface area contributed by atoms with E-state index in [-0.39, 0.29) is 24.6 Å². The summed E-state index contributed by atoms with van der Waals surface area (Å²) in [5.41, 5.74) is 0.967. The molecule has 0 saturated heterocycles. The number of likely N-dealkylation sites (N-methyl/N-ethyl adjacent to an activating group) is 1. The van der Waals surface area contributed by atoms with Crippen LogP contribution < -0.4 is 5.32 Å². The Morgan fingerprint density at radius 3 is 2.62 bits per heavy atom. The molecule has 1 N–H and O–H groups in total. The van der Waals surface area contributed by atoms with Gasteiger partial charge in [0.2, 0.25) is 5.91 Å². The maximum absolute atomic E-state index is 12.8. The average Bonchev–Trinajstić information content (AvgIpc) is 3.38. The van der Waals surface area contributed by atoms with E-state index in [1.807, 2.05) is 53.6 Å². The summed E-state index contributed by atoms with van der Waals surface area (Å²) in [7, 11) is 0. The molecule has 0 aliphatic rings. The molecule has 8 heteroatoms. The van der Waals surface area contributed by atoms with Gasteiger partial charge in [0.25, 0.3) is 0 Å². The third kappa shape index (κ3) is 5.30. The maximum Gasteiger partial charge on any atom is 0.343 e. The van der Waals surface area contributed by atoms with Crippen molar-refractivity contribution in [3.8, 4) is 5.69 Å². The molecule has 7 nitrogen and oxygen atoms in total. The van der Waals surface area contributed by atoms with Crippen LogP contribution in [0.3, 0.4) is 0 Å². The summed E-state index contributed by atoms with van der Waals surface area (Å²) in [4.78, 5) is 28.4. The number of hydrogen-bond acceptors (Lipinski definition) is 6. The number of para-hydroxylation sites is 1. The largest absolute Gasteiger partial charge is 0.462 e. The molecule has 152 valence electrons. The number of carbonyl (C=O) groups is 2. The smallest absolute Gasteiger partial charge is 0.343 e. The number of esters is 1. The Kier molecular flexibility index (Phi) is 7.15. The lowest BCUT2D eigenvalue weighted by molar-refractivity contribution is -0.117. The standard InChI is InChI=1S/C21H24N4O3S/c1-3-24(14-17-11-8-12-29-17)15-19(26)23-20-18(21(27)28-4-2)13-22-25(20)16-9-6-5-7-10-16/h5-13H,3-4,14-15H2,1-2H3,(H,23,26). The van der Waals surface area contributed by atoms with Gasteiger partial charge < -0.3 is 10.1 Å². The van der Waals surface area contributed by atoms with Crippen LogP contribution >= 0.6 is 11.3 Å². The zero-order valence-corrected chi connectivity index (χ0v) is 17.3. The molecule has 0 aliphatic heterocycles. The molecule has 29 heavy (non-hydrogen) atoms. The van der Waals surface area contributed by atoms with Gasteiger partial charge in [0, 0.05) is 11.4 Å². The summed E-state index contributed by atoms with van der Waals surface area (Å²) in [6, 6.07) is 13.4. The average molecular weight is 413 g/mol. The maximum atomic E-state index is 12.8. The van der Waals surface area contributed by atoms with Crippen LogP contribution in [0.1, 0.15) is 29.1 Å². The van der Waals surface area contributed by atoms with Crippen molar-refractivity contribution < 1.29 is 14.3 Å². The fourth-order valence-electron chi connectivity index (χ4n) is 2.87. The Balaban J connectivity index is 1.81. The van der Waals surface area contributed by atoms with Gasteiger partial charge >= 0.3 is 5.97 Å². The first-order valence-corrected chi connectivity index (χ1v) is 10.4. The van der Waals surface area contributed by atoms with Crippen LogP contribution in [0.25, 0.3) is 5.69 Å². The van der Waals surface area contributed by atoms with Crippen molar-refractivity contribution in [2.75, 3.05) is 25.0 Å². The number of carbonyl (C=O) groups excluding carboxylic acids is 2. The van der Waals surface area contributed by atoms with E-state index < -0.39 is 5.97 Å². The number of amides is 1. The summed E-state index contributed by atoms with van der Waals surface area (Å²) in [6.07, 6.45) is 1.42. The van der Waals surface area contributed by atoms with Gasteiger partial charge in [0.15, 0.2) is 5.82 Å². The molecule has 2 aromatic heterocycles. The predicted molar refractivity (Wildman–Crippen MR) is 113 cm³/mol. The first-order chi connectivity index (χ1) is 14.1. The van der Waals surface area contributed by atoms with Gasteiger partial charge in [-0.2, -0.15) is 5.10 Å². The molecule has 3 aromatic rings. The Hall–Kier alpha value is -2.97. The number of aromatic nitrogens is 2. The molecule has 1 amide bonds.